The number of carbonyl (C=O) groups is 1. The number of ether oxygens (including phenoxy) is 2. The maximum Gasteiger partial charge on any atom is 0.252 e. The summed E-state index contributed by atoms with van der Waals surface area (Å²) in [7, 11) is 0. The number of para-hydroxylation sites is 1. The molecule has 1 amide bonds. The van der Waals surface area contributed by atoms with Crippen molar-refractivity contribution in [2.45, 2.75) is 19.4 Å². The fourth-order valence-corrected chi connectivity index (χ4v) is 2.45. The van der Waals surface area contributed by atoms with Crippen molar-refractivity contribution in [1.29, 1.82) is 0 Å². The topological polar surface area (TPSA) is 87.3 Å². The van der Waals surface area contributed by atoms with Crippen molar-refractivity contribution in [2.24, 2.45) is 5.73 Å². The second-order valence-electron chi connectivity index (χ2n) is 5.56. The van der Waals surface area contributed by atoms with Crippen LogP contribution in [-0.4, -0.2) is 15.9 Å². The van der Waals surface area contributed by atoms with E-state index in [1.165, 1.54) is 0 Å². The second kappa shape index (κ2) is 8.11. The minimum absolute atomic E-state index is 0.306. The van der Waals surface area contributed by atoms with E-state index >= 15 is 0 Å². The smallest absolute Gasteiger partial charge is 0.252 e. The summed E-state index contributed by atoms with van der Waals surface area (Å²) < 4.78 is 11.6. The number of nitrogens with two attached hydrogens (primary N) is 1. The third-order valence-electron chi connectivity index (χ3n) is 3.74. The van der Waals surface area contributed by atoms with Gasteiger partial charge in [-0.3, -0.25) is 9.78 Å². The van der Waals surface area contributed by atoms with Crippen molar-refractivity contribution in [1.82, 2.24) is 9.97 Å². The van der Waals surface area contributed by atoms with Crippen LogP contribution in [0.1, 0.15) is 35.5 Å². The van der Waals surface area contributed by atoms with Crippen LogP contribution in [0.4, 0.5) is 0 Å². The normalized spacial score (nSPS) is 11.6. The van der Waals surface area contributed by atoms with E-state index in [1.54, 1.807) is 42.7 Å². The maximum absolute atomic E-state index is 11.6. The molecule has 0 aliphatic heterocycles. The van der Waals surface area contributed by atoms with E-state index in [0.717, 1.165) is 5.69 Å². The largest absolute Gasteiger partial charge is 0.483 e. The molecule has 0 aliphatic rings. The molecule has 0 fully saturated rings. The maximum atomic E-state index is 11.6. The van der Waals surface area contributed by atoms with Crippen LogP contribution >= 0.6 is 0 Å². The SMILES string of the molecule is CCC(Oc1ccccc1C(N)=O)c1ccc(Oc2ccccn2)cn1. The fraction of sp³-hybridized carbons (Fsp3) is 0.150. The second-order valence-corrected chi connectivity index (χ2v) is 5.56. The summed E-state index contributed by atoms with van der Waals surface area (Å²) in [6, 6.07) is 16.0. The lowest BCUT2D eigenvalue weighted by Crippen LogP contribution is -2.15. The number of benzene rings is 1. The number of nitrogens with zero attached hydrogens (tertiary/aromatic N) is 2. The molecule has 3 rings (SSSR count). The van der Waals surface area contributed by atoms with Gasteiger partial charge < -0.3 is 15.2 Å². The van der Waals surface area contributed by atoms with Crippen molar-refractivity contribution in [3.05, 3.63) is 78.2 Å². The minimum Gasteiger partial charge on any atom is -0.483 e. The highest BCUT2D eigenvalue weighted by atomic mass is 16.5. The average molecular weight is 349 g/mol. The van der Waals surface area contributed by atoms with Crippen LogP contribution in [0.3, 0.4) is 0 Å². The van der Waals surface area contributed by atoms with Crippen LogP contribution in [0.5, 0.6) is 17.4 Å². The molecule has 3 aromatic rings. The van der Waals surface area contributed by atoms with Crippen molar-refractivity contribution >= 4 is 5.91 Å². The Morgan fingerprint density at radius 3 is 2.54 bits per heavy atom. The number of rotatable bonds is 7. The Balaban J connectivity index is 1.75. The lowest BCUT2D eigenvalue weighted by atomic mass is 10.1. The minimum atomic E-state index is -0.525. The Morgan fingerprint density at radius 2 is 1.88 bits per heavy atom. The van der Waals surface area contributed by atoms with Gasteiger partial charge in [-0.15, -0.1) is 0 Å². The molecule has 1 unspecified atom stereocenters. The van der Waals surface area contributed by atoms with Gasteiger partial charge >= 0.3 is 0 Å². The van der Waals surface area contributed by atoms with Crippen LogP contribution in [0.15, 0.2) is 67.0 Å². The van der Waals surface area contributed by atoms with Gasteiger partial charge in [-0.25, -0.2) is 4.98 Å². The van der Waals surface area contributed by atoms with Crippen molar-refractivity contribution in [3.63, 3.8) is 0 Å². The molecule has 26 heavy (non-hydrogen) atoms. The first kappa shape index (κ1) is 17.4. The van der Waals surface area contributed by atoms with Crippen LogP contribution in [0.2, 0.25) is 0 Å². The molecule has 6 nitrogen and oxygen atoms in total. The summed E-state index contributed by atoms with van der Waals surface area (Å²) in [6.45, 7) is 1.98. The summed E-state index contributed by atoms with van der Waals surface area (Å²) in [6.07, 6.45) is 3.66. The number of primary amides is 1. The first-order valence-electron chi connectivity index (χ1n) is 8.27. The number of hydrogen-bond acceptors (Lipinski definition) is 5. The lowest BCUT2D eigenvalue weighted by Gasteiger charge is -2.18. The highest BCUT2D eigenvalue weighted by Crippen LogP contribution is 2.27. The highest BCUT2D eigenvalue weighted by molar-refractivity contribution is 5.95. The van der Waals surface area contributed by atoms with Crippen molar-refractivity contribution < 1.29 is 14.3 Å². The summed E-state index contributed by atoms with van der Waals surface area (Å²) >= 11 is 0. The van der Waals surface area contributed by atoms with Crippen molar-refractivity contribution in [3.8, 4) is 17.4 Å². The van der Waals surface area contributed by atoms with Gasteiger partial charge in [0.25, 0.3) is 5.91 Å². The quantitative estimate of drug-likeness (QED) is 0.699. The van der Waals surface area contributed by atoms with E-state index in [2.05, 4.69) is 9.97 Å². The standard InChI is InChI=1S/C20H19N3O3/c1-2-17(26-18-8-4-3-7-15(18)20(21)24)16-11-10-14(13-23-16)25-19-9-5-6-12-22-19/h3-13,17H,2H2,1H3,(H2,21,24). The molecule has 2 N–H and O–H groups in total. The predicted molar refractivity (Wildman–Crippen MR) is 97.2 cm³/mol. The summed E-state index contributed by atoms with van der Waals surface area (Å²) in [5.41, 5.74) is 6.49. The van der Waals surface area contributed by atoms with Gasteiger partial charge in [0.15, 0.2) is 0 Å². The van der Waals surface area contributed by atoms with Gasteiger partial charge in [-0.05, 0) is 36.8 Å². The molecule has 0 aliphatic carbocycles. The summed E-state index contributed by atoms with van der Waals surface area (Å²) in [5.74, 6) is 1.01. The van der Waals surface area contributed by atoms with E-state index in [4.69, 9.17) is 15.2 Å². The van der Waals surface area contributed by atoms with E-state index in [0.29, 0.717) is 29.4 Å². The number of pyridine rings is 2. The Hall–Kier alpha value is -3.41. The van der Waals surface area contributed by atoms with Crippen LogP contribution in [0.25, 0.3) is 0 Å². The monoisotopic (exact) mass is 349 g/mol. The van der Waals surface area contributed by atoms with Gasteiger partial charge in [0, 0.05) is 12.3 Å². The van der Waals surface area contributed by atoms with Crippen molar-refractivity contribution in [2.75, 3.05) is 0 Å². The molecule has 1 aromatic carbocycles. The molecule has 2 heterocycles. The summed E-state index contributed by atoms with van der Waals surface area (Å²) in [4.78, 5) is 20.1. The van der Waals surface area contributed by atoms with E-state index in [-0.39, 0.29) is 6.10 Å². The Bertz CT molecular complexity index is 867. The fourth-order valence-electron chi connectivity index (χ4n) is 2.45. The van der Waals surface area contributed by atoms with Gasteiger partial charge in [-0.1, -0.05) is 25.1 Å². The number of hydrogen-bond donors (Lipinski definition) is 1. The van der Waals surface area contributed by atoms with Gasteiger partial charge in [0.05, 0.1) is 17.5 Å². The molecule has 0 bridgehead atoms. The Kier molecular flexibility index (Phi) is 5.43. The predicted octanol–water partition coefficient (Wildman–Crippen LogP) is 3.90. The molecule has 1 atom stereocenters. The summed E-state index contributed by atoms with van der Waals surface area (Å²) in [5, 5.41) is 0. The average Bonchev–Trinajstić information content (AvgIpc) is 2.68. The number of amides is 1. The zero-order chi connectivity index (χ0) is 18.4. The first-order chi connectivity index (χ1) is 12.7. The van der Waals surface area contributed by atoms with Crippen LogP contribution < -0.4 is 15.2 Å². The molecular formula is C20H19N3O3. The third-order valence-corrected chi connectivity index (χ3v) is 3.74. The third kappa shape index (κ3) is 4.16. The van der Waals surface area contributed by atoms with Gasteiger partial charge in [-0.2, -0.15) is 0 Å². The van der Waals surface area contributed by atoms with E-state index in [1.807, 2.05) is 31.2 Å². The van der Waals surface area contributed by atoms with Gasteiger partial charge in [0.1, 0.15) is 17.6 Å². The Morgan fingerprint density at radius 1 is 1.08 bits per heavy atom. The van der Waals surface area contributed by atoms with Crippen LogP contribution in [-0.2, 0) is 0 Å². The molecule has 0 saturated heterocycles. The van der Waals surface area contributed by atoms with Crippen LogP contribution in [0, 0.1) is 0 Å². The molecule has 0 radical (unpaired) electrons. The molecule has 6 heteroatoms. The molecule has 132 valence electrons. The van der Waals surface area contributed by atoms with E-state index < -0.39 is 5.91 Å². The molecule has 2 aromatic heterocycles. The zero-order valence-corrected chi connectivity index (χ0v) is 14.3. The Labute approximate surface area is 151 Å². The molecule has 0 saturated carbocycles. The highest BCUT2D eigenvalue weighted by Gasteiger charge is 2.17. The number of aromatic nitrogens is 2. The zero-order valence-electron chi connectivity index (χ0n) is 14.3. The molecule has 0 spiro atoms. The van der Waals surface area contributed by atoms with Gasteiger partial charge in [0.2, 0.25) is 5.88 Å². The lowest BCUT2D eigenvalue weighted by molar-refractivity contribution is 0.0992. The number of carbonyl (C=O) groups excluding carboxylic acids is 1. The van der Waals surface area contributed by atoms with E-state index in [9.17, 15) is 4.79 Å². The molecular weight excluding hydrogens is 330 g/mol. The first-order valence-corrected chi connectivity index (χ1v) is 8.27.